The predicted octanol–water partition coefficient (Wildman–Crippen LogP) is 10.1. The Hall–Kier alpha value is -13.3. The Balaban J connectivity index is 1.30. The normalized spacial score (nSPS) is 11.2. The third-order valence-corrected chi connectivity index (χ3v) is 14.7. The van der Waals surface area contributed by atoms with Crippen LogP contribution >= 0.6 is 0 Å². The summed E-state index contributed by atoms with van der Waals surface area (Å²) in [5.41, 5.74) is -4.63. The van der Waals surface area contributed by atoms with Crippen LogP contribution in [0.3, 0.4) is 0 Å². The average molecular weight is 1430 g/mol. The van der Waals surface area contributed by atoms with E-state index in [1.54, 1.807) is 0 Å². The van der Waals surface area contributed by atoms with Crippen LogP contribution in [0.25, 0.3) is 24.3 Å². The lowest BCUT2D eigenvalue weighted by Gasteiger charge is -2.27. The van der Waals surface area contributed by atoms with E-state index >= 15 is 0 Å². The molecule has 0 unspecified atom stereocenters. The number of nitro benzene ring substituents is 2. The van der Waals surface area contributed by atoms with Gasteiger partial charge in [0.05, 0.1) is 90.9 Å². The fourth-order valence-corrected chi connectivity index (χ4v) is 8.65. The van der Waals surface area contributed by atoms with Crippen molar-refractivity contribution in [1.29, 1.82) is 0 Å². The number of carbonyl (C=O) groups excluding carboxylic acids is 12. The molecule has 0 fully saturated rings. The van der Waals surface area contributed by atoms with E-state index in [1.165, 1.54) is 164 Å². The number of carbonyl (C=O) groups is 12. The molecule has 0 heterocycles. The van der Waals surface area contributed by atoms with Gasteiger partial charge in [0.1, 0.15) is 48.8 Å². The van der Waals surface area contributed by atoms with Crippen molar-refractivity contribution in [3.8, 4) is 11.5 Å². The summed E-state index contributed by atoms with van der Waals surface area (Å²) in [4.78, 5) is 179. The summed E-state index contributed by atoms with van der Waals surface area (Å²) in [6.07, 6.45) is 11.4. The van der Waals surface area contributed by atoms with Gasteiger partial charge >= 0.3 is 71.6 Å². The maximum Gasteiger partial charge on any atom is 0.338 e. The van der Waals surface area contributed by atoms with Gasteiger partial charge in [-0.1, -0.05) is 48.5 Å². The molecule has 0 bridgehead atoms. The zero-order valence-electron chi connectivity index (χ0n) is 56.7. The third-order valence-electron chi connectivity index (χ3n) is 14.7. The summed E-state index contributed by atoms with van der Waals surface area (Å²) in [6.45, 7) is -1.44. The highest BCUT2D eigenvalue weighted by atomic mass is 16.6. The Bertz CT molecular complexity index is 3890. The molecule has 0 amide bonds. The topological polar surface area (TPSA) is 402 Å². The van der Waals surface area contributed by atoms with E-state index in [2.05, 4.69) is 18.9 Å². The van der Waals surface area contributed by atoms with Crippen LogP contribution in [-0.4, -0.2) is 150 Å². The highest BCUT2D eigenvalue weighted by Gasteiger charge is 2.42. The van der Waals surface area contributed by atoms with Gasteiger partial charge in [-0.2, -0.15) is 0 Å². The molecule has 30 heteroatoms. The van der Waals surface area contributed by atoms with Crippen molar-refractivity contribution in [2.75, 3.05) is 68.1 Å². The second-order valence-corrected chi connectivity index (χ2v) is 22.8. The predicted molar refractivity (Wildman–Crippen MR) is 364 cm³/mol. The number of nitro groups is 2. The maximum atomic E-state index is 14.8. The number of ether oxygens (including phenoxy) is 12. The summed E-state index contributed by atoms with van der Waals surface area (Å²) in [5.74, 6) is -12.2. The SMILES string of the molecule is COC(=O)/C=C/c1ccc(C(=O)OCC(C)(COC(=O)c2ccc(/C=C/C(=O)OC)cc2)C(=O)Oc2cc(OC(=O)C(C)(COC(=O)c3ccc(/C=C/C(=O)OC)cc3)COC(=O)c3ccc(/C=C/C(=O)OC)cc3)cc(C(=O)OCCCCCCOC(=O)c3cc([N+](=O)[O-])cc([N+](=O)[O-])c3)c2)cc1. The van der Waals surface area contributed by atoms with E-state index in [4.69, 9.17) is 37.9 Å². The van der Waals surface area contributed by atoms with Gasteiger partial charge in [0.15, 0.2) is 0 Å². The average Bonchev–Trinajstić information content (AvgIpc) is 0.811. The zero-order chi connectivity index (χ0) is 75.9. The number of benzene rings is 6. The Morgan fingerprint density at radius 1 is 0.337 bits per heavy atom. The number of esters is 12. The third kappa shape index (κ3) is 24.9. The number of methoxy groups -OCH3 is 4. The van der Waals surface area contributed by atoms with Crippen LogP contribution in [0, 0.1) is 31.1 Å². The molecular formula is C74H68N2O28. The summed E-state index contributed by atoms with van der Waals surface area (Å²) < 4.78 is 63.6. The second kappa shape index (κ2) is 38.9. The van der Waals surface area contributed by atoms with Crippen LogP contribution in [0.2, 0.25) is 0 Å². The highest BCUT2D eigenvalue weighted by Crippen LogP contribution is 2.32. The van der Waals surface area contributed by atoms with Crippen molar-refractivity contribution in [2.45, 2.75) is 39.5 Å². The molecule has 0 atom stereocenters. The lowest BCUT2D eigenvalue weighted by atomic mass is 9.93. The van der Waals surface area contributed by atoms with Crippen LogP contribution in [0.15, 0.2) is 158 Å². The molecule has 542 valence electrons. The monoisotopic (exact) mass is 1430 g/mol. The molecule has 104 heavy (non-hydrogen) atoms. The molecule has 0 aromatic heterocycles. The van der Waals surface area contributed by atoms with Gasteiger partial charge in [-0.15, -0.1) is 0 Å². The Morgan fingerprint density at radius 2 is 0.587 bits per heavy atom. The summed E-state index contributed by atoms with van der Waals surface area (Å²) >= 11 is 0. The Labute approximate surface area is 592 Å². The molecule has 6 aromatic carbocycles. The van der Waals surface area contributed by atoms with E-state index in [-0.39, 0.29) is 48.3 Å². The first kappa shape index (κ1) is 79.7. The van der Waals surface area contributed by atoms with Crippen molar-refractivity contribution in [3.63, 3.8) is 0 Å². The Morgan fingerprint density at radius 3 is 0.837 bits per heavy atom. The maximum absolute atomic E-state index is 14.8. The number of hydrogen-bond acceptors (Lipinski definition) is 28. The van der Waals surface area contributed by atoms with Crippen LogP contribution in [0.4, 0.5) is 11.4 Å². The quantitative estimate of drug-likeness (QED) is 0.00678. The highest BCUT2D eigenvalue weighted by molar-refractivity contribution is 5.96. The van der Waals surface area contributed by atoms with Gasteiger partial charge in [0.25, 0.3) is 11.4 Å². The van der Waals surface area contributed by atoms with Crippen LogP contribution in [0.1, 0.15) is 124 Å². The molecule has 0 aliphatic rings. The summed E-state index contributed by atoms with van der Waals surface area (Å²) in [6, 6.07) is 28.1. The second-order valence-electron chi connectivity index (χ2n) is 22.8. The number of nitrogens with zero attached hydrogens (tertiary/aromatic N) is 2. The first-order valence-electron chi connectivity index (χ1n) is 31.2. The molecule has 0 N–H and O–H groups in total. The molecule has 0 saturated carbocycles. The molecule has 0 radical (unpaired) electrons. The number of rotatable bonds is 35. The molecule has 0 saturated heterocycles. The molecule has 0 spiro atoms. The summed E-state index contributed by atoms with van der Waals surface area (Å²) in [7, 11) is 4.77. The standard InChI is InChI=1S/C74H68N2O28/c1-73(43-99-65(81)51-23-11-47(12-24-51)19-31-61(77)93-3,44-100-66(82)52-25-13-48(14-26-52)20-32-62(78)94-4)71(87)103-59-39-56(70(86)98-36-10-8-7-9-35-97-69(85)55-37-57(75(89)90)41-58(38-55)76(91)92)40-60(42-59)104-72(88)74(2,45-101-67(83)53-27-15-49(16-28-53)21-33-63(79)95-5)46-102-68(84)54-29-17-50(18-30-54)22-34-64(80)96-6/h11-34,37-42H,7-10,35-36,43-46H2,1-6H3/b31-19+,32-20+,33-21+,34-22+. The number of non-ortho nitro benzene ring substituents is 2. The van der Waals surface area contributed by atoms with Crippen molar-refractivity contribution in [2.24, 2.45) is 10.8 Å². The van der Waals surface area contributed by atoms with Crippen LogP contribution in [-0.2, 0) is 76.1 Å². The van der Waals surface area contributed by atoms with Gasteiger partial charge in [0.2, 0.25) is 0 Å². The van der Waals surface area contributed by atoms with Gasteiger partial charge in [0, 0.05) is 42.5 Å². The van der Waals surface area contributed by atoms with Crippen molar-refractivity contribution < 1.29 is 124 Å². The first-order chi connectivity index (χ1) is 49.6. The van der Waals surface area contributed by atoms with E-state index in [9.17, 15) is 77.8 Å². The van der Waals surface area contributed by atoms with E-state index in [0.717, 1.165) is 54.6 Å². The minimum atomic E-state index is -2.13. The molecule has 6 aromatic rings. The number of hydrogen-bond donors (Lipinski definition) is 0. The zero-order valence-corrected chi connectivity index (χ0v) is 56.7. The van der Waals surface area contributed by atoms with Gasteiger partial charge in [-0.3, -0.25) is 29.8 Å². The van der Waals surface area contributed by atoms with Crippen molar-refractivity contribution >= 4 is 107 Å². The van der Waals surface area contributed by atoms with E-state index in [0.29, 0.717) is 41.2 Å². The van der Waals surface area contributed by atoms with Gasteiger partial charge < -0.3 is 56.8 Å². The molecular weight excluding hydrogens is 1360 g/mol. The number of unbranched alkanes of at least 4 members (excludes halogenated alkanes) is 3. The molecule has 0 aliphatic carbocycles. The van der Waals surface area contributed by atoms with Gasteiger partial charge in [-0.05, 0) is 147 Å². The van der Waals surface area contributed by atoms with Crippen LogP contribution < -0.4 is 9.47 Å². The lowest BCUT2D eigenvalue weighted by molar-refractivity contribution is -0.394. The fourth-order valence-electron chi connectivity index (χ4n) is 8.65. The van der Waals surface area contributed by atoms with E-state index < -0.39 is 153 Å². The molecule has 0 aliphatic heterocycles. The largest absolute Gasteiger partial charge is 0.466 e. The molecule has 6 rings (SSSR count). The van der Waals surface area contributed by atoms with Crippen molar-refractivity contribution in [1.82, 2.24) is 0 Å². The van der Waals surface area contributed by atoms with Crippen LogP contribution in [0.5, 0.6) is 11.5 Å². The first-order valence-corrected chi connectivity index (χ1v) is 31.2. The smallest absolute Gasteiger partial charge is 0.338 e. The summed E-state index contributed by atoms with van der Waals surface area (Å²) in [5, 5.41) is 22.7. The van der Waals surface area contributed by atoms with Gasteiger partial charge in [-0.25, -0.2) is 47.9 Å². The molecule has 30 nitrogen and oxygen atoms in total. The fraction of sp³-hybridized carbons (Fsp3) is 0.243. The Kier molecular flexibility index (Phi) is 29.8. The van der Waals surface area contributed by atoms with Crippen molar-refractivity contribution in [3.05, 3.63) is 234 Å². The minimum Gasteiger partial charge on any atom is -0.466 e. The lowest BCUT2D eigenvalue weighted by Crippen LogP contribution is -2.42. The minimum absolute atomic E-state index is 0.0261. The van der Waals surface area contributed by atoms with E-state index in [1.807, 2.05) is 0 Å².